The number of aliphatic imine (C=N–C) groups is 1. The van der Waals surface area contributed by atoms with E-state index in [1.165, 1.54) is 11.9 Å². The molecule has 1 atom stereocenters. The predicted octanol–water partition coefficient (Wildman–Crippen LogP) is -0.613. The number of carbonyl (C=O) groups excluding carboxylic acids is 2. The van der Waals surface area contributed by atoms with Crippen molar-refractivity contribution in [3.8, 4) is 0 Å². The van der Waals surface area contributed by atoms with Gasteiger partial charge in [0.2, 0.25) is 11.9 Å². The molecular formula is C14H21N6O3+. The maximum atomic E-state index is 12.6. The van der Waals surface area contributed by atoms with Crippen LogP contribution in [0.3, 0.4) is 0 Å². The Morgan fingerprint density at radius 3 is 2.74 bits per heavy atom. The van der Waals surface area contributed by atoms with E-state index in [4.69, 9.17) is 4.74 Å². The Hall–Kier alpha value is -2.29. The van der Waals surface area contributed by atoms with Crippen LogP contribution in [0.5, 0.6) is 0 Å². The maximum Gasteiger partial charge on any atom is 0.416 e. The van der Waals surface area contributed by atoms with Crippen molar-refractivity contribution in [3.63, 3.8) is 0 Å². The number of ether oxygens (including phenoxy) is 1. The Morgan fingerprint density at radius 1 is 1.30 bits per heavy atom. The van der Waals surface area contributed by atoms with Gasteiger partial charge in [0.05, 0.1) is 12.3 Å². The topological polar surface area (TPSA) is 80.8 Å². The zero-order valence-corrected chi connectivity index (χ0v) is 13.8. The smallest absolute Gasteiger partial charge is 0.378 e. The van der Waals surface area contributed by atoms with Crippen LogP contribution in [0.25, 0.3) is 0 Å². The molecule has 0 N–H and O–H groups in total. The van der Waals surface area contributed by atoms with Gasteiger partial charge in [-0.25, -0.2) is 9.37 Å². The number of amidine groups is 1. The van der Waals surface area contributed by atoms with Gasteiger partial charge in [0.1, 0.15) is 13.1 Å². The summed E-state index contributed by atoms with van der Waals surface area (Å²) in [5.74, 6) is 0.791. The van der Waals surface area contributed by atoms with Crippen LogP contribution in [0.4, 0.5) is 4.79 Å². The first-order valence-electron chi connectivity index (χ1n) is 7.62. The molecule has 0 aromatic rings. The number of rotatable bonds is 4. The highest BCUT2D eigenvalue weighted by Gasteiger charge is 2.53. The second kappa shape index (κ2) is 5.73. The van der Waals surface area contributed by atoms with Crippen molar-refractivity contribution in [2.75, 3.05) is 40.4 Å². The number of imide groups is 1. The minimum Gasteiger partial charge on any atom is -0.378 e. The Labute approximate surface area is 134 Å². The van der Waals surface area contributed by atoms with E-state index in [1.807, 2.05) is 18.4 Å². The van der Waals surface area contributed by atoms with E-state index in [2.05, 4.69) is 10.1 Å². The third kappa shape index (κ3) is 2.40. The third-order valence-corrected chi connectivity index (χ3v) is 4.08. The van der Waals surface area contributed by atoms with Gasteiger partial charge in [-0.3, -0.25) is 14.6 Å². The van der Waals surface area contributed by atoms with Crippen molar-refractivity contribution >= 4 is 29.4 Å². The number of likely N-dealkylation sites (N-methyl/N-ethyl adjacent to an activating group) is 2. The van der Waals surface area contributed by atoms with Crippen LogP contribution in [0.1, 0.15) is 13.8 Å². The van der Waals surface area contributed by atoms with Crippen molar-refractivity contribution in [1.82, 2.24) is 14.8 Å². The van der Waals surface area contributed by atoms with E-state index in [0.717, 1.165) is 10.6 Å². The largest absolute Gasteiger partial charge is 0.416 e. The van der Waals surface area contributed by atoms with E-state index in [-0.39, 0.29) is 11.9 Å². The van der Waals surface area contributed by atoms with Crippen LogP contribution in [0.15, 0.2) is 10.1 Å². The lowest BCUT2D eigenvalue weighted by atomic mass is 10.1. The standard InChI is InChI=1S/C14H21N6O3/c1-5-23-7-6-20-13-15-11-10(19(13)8-9(2)16-20)12(21)18(4)14(22)17(11)3/h10H,5-8H2,1-4H3/q+1. The van der Waals surface area contributed by atoms with Crippen molar-refractivity contribution in [3.05, 3.63) is 0 Å². The van der Waals surface area contributed by atoms with Crippen molar-refractivity contribution in [2.24, 2.45) is 10.1 Å². The fourth-order valence-corrected chi connectivity index (χ4v) is 2.93. The Morgan fingerprint density at radius 2 is 2.04 bits per heavy atom. The summed E-state index contributed by atoms with van der Waals surface area (Å²) >= 11 is 0. The highest BCUT2D eigenvalue weighted by atomic mass is 16.5. The first-order valence-corrected chi connectivity index (χ1v) is 7.62. The molecule has 23 heavy (non-hydrogen) atoms. The molecule has 9 heteroatoms. The van der Waals surface area contributed by atoms with E-state index >= 15 is 0 Å². The van der Waals surface area contributed by atoms with Gasteiger partial charge in [-0.1, -0.05) is 4.99 Å². The van der Waals surface area contributed by atoms with Gasteiger partial charge in [-0.05, 0) is 13.8 Å². The summed E-state index contributed by atoms with van der Waals surface area (Å²) in [7, 11) is 3.13. The van der Waals surface area contributed by atoms with Gasteiger partial charge in [-0.2, -0.15) is 0 Å². The van der Waals surface area contributed by atoms with E-state index < -0.39 is 6.04 Å². The number of hydrogen-bond donors (Lipinski definition) is 0. The minimum atomic E-state index is -0.572. The summed E-state index contributed by atoms with van der Waals surface area (Å²) in [5.41, 5.74) is 0.886. The third-order valence-electron chi connectivity index (χ3n) is 4.08. The number of nitrogens with zero attached hydrogens (tertiary/aromatic N) is 6. The molecule has 9 nitrogen and oxygen atoms in total. The SMILES string of the molecule is CCOCCN1N=C(C)C[N+]2=C1N=C1C2C(=O)N(C)C(=O)N1C. The minimum absolute atomic E-state index is 0.263. The van der Waals surface area contributed by atoms with Crippen molar-refractivity contribution < 1.29 is 18.9 Å². The number of fused-ring (bicyclic) bond motifs is 2. The lowest BCUT2D eigenvalue weighted by molar-refractivity contribution is -0.527. The molecular weight excluding hydrogens is 300 g/mol. The van der Waals surface area contributed by atoms with Gasteiger partial charge >= 0.3 is 12.0 Å². The van der Waals surface area contributed by atoms with Crippen molar-refractivity contribution in [1.29, 1.82) is 0 Å². The van der Waals surface area contributed by atoms with Gasteiger partial charge in [-0.15, -0.1) is 10.1 Å². The molecule has 3 rings (SSSR count). The summed E-state index contributed by atoms with van der Waals surface area (Å²) in [5, 5.41) is 6.24. The lowest BCUT2D eigenvalue weighted by Gasteiger charge is -2.32. The molecule has 1 fully saturated rings. The van der Waals surface area contributed by atoms with Gasteiger partial charge in [0.25, 0.3) is 5.91 Å². The molecule has 0 radical (unpaired) electrons. The highest BCUT2D eigenvalue weighted by Crippen LogP contribution is 2.21. The first kappa shape index (κ1) is 15.6. The molecule has 1 saturated heterocycles. The zero-order chi connectivity index (χ0) is 16.7. The normalized spacial score (nSPS) is 24.0. The fourth-order valence-electron chi connectivity index (χ4n) is 2.93. The Balaban J connectivity index is 1.93. The Bertz CT molecular complexity index is 653. The number of amides is 3. The summed E-state index contributed by atoms with van der Waals surface area (Å²) < 4.78 is 7.28. The molecule has 3 heterocycles. The lowest BCUT2D eigenvalue weighted by Crippen LogP contribution is -2.62. The second-order valence-electron chi connectivity index (χ2n) is 5.69. The number of hydrazone groups is 1. The van der Waals surface area contributed by atoms with Crippen LogP contribution in [0, 0.1) is 0 Å². The highest BCUT2D eigenvalue weighted by molar-refractivity contribution is 6.23. The molecule has 0 aromatic heterocycles. The number of hydrogen-bond acceptors (Lipinski definition) is 6. The number of urea groups is 1. The zero-order valence-electron chi connectivity index (χ0n) is 13.8. The monoisotopic (exact) mass is 321 g/mol. The quantitative estimate of drug-likeness (QED) is 0.511. The fraction of sp³-hybridized carbons (Fsp3) is 0.643. The number of guanidine groups is 1. The molecule has 3 amide bonds. The van der Waals surface area contributed by atoms with E-state index in [9.17, 15) is 9.59 Å². The van der Waals surface area contributed by atoms with Crippen LogP contribution in [-0.2, 0) is 9.53 Å². The molecule has 3 aliphatic heterocycles. The van der Waals surface area contributed by atoms with Crippen LogP contribution in [0.2, 0.25) is 0 Å². The summed E-state index contributed by atoms with van der Waals surface area (Å²) in [6.07, 6.45) is 0. The van der Waals surface area contributed by atoms with Crippen LogP contribution >= 0.6 is 0 Å². The average molecular weight is 321 g/mol. The van der Waals surface area contributed by atoms with Gasteiger partial charge < -0.3 is 4.74 Å². The average Bonchev–Trinajstić information content (AvgIpc) is 2.90. The molecule has 0 spiro atoms. The van der Waals surface area contributed by atoms with Gasteiger partial charge in [0.15, 0.2) is 0 Å². The summed E-state index contributed by atoms with van der Waals surface area (Å²) in [4.78, 5) is 31.7. The molecule has 0 aliphatic carbocycles. The van der Waals surface area contributed by atoms with Crippen LogP contribution in [-0.4, -0.2) is 95.3 Å². The van der Waals surface area contributed by atoms with Crippen LogP contribution < -0.4 is 0 Å². The maximum absolute atomic E-state index is 12.6. The molecule has 0 bridgehead atoms. The van der Waals surface area contributed by atoms with Gasteiger partial charge in [0, 0.05) is 20.7 Å². The molecule has 3 aliphatic rings. The summed E-state index contributed by atoms with van der Waals surface area (Å²) in [6, 6.07) is -0.943. The number of carbonyl (C=O) groups is 2. The first-order chi connectivity index (χ1) is 11.0. The molecule has 124 valence electrons. The summed E-state index contributed by atoms with van der Waals surface area (Å²) in [6.45, 7) is 6.05. The van der Waals surface area contributed by atoms with E-state index in [0.29, 0.717) is 38.1 Å². The van der Waals surface area contributed by atoms with E-state index in [1.54, 1.807) is 12.1 Å². The molecule has 0 saturated carbocycles. The van der Waals surface area contributed by atoms with Crippen molar-refractivity contribution in [2.45, 2.75) is 19.9 Å². The predicted molar refractivity (Wildman–Crippen MR) is 83.6 cm³/mol. The molecule has 1 unspecified atom stereocenters. The Kier molecular flexibility index (Phi) is 3.88. The second-order valence-corrected chi connectivity index (χ2v) is 5.69. The molecule has 0 aromatic carbocycles.